The Labute approximate surface area is 125 Å². The number of carbonyl (C=O) groups is 1. The van der Waals surface area contributed by atoms with Crippen molar-refractivity contribution in [2.24, 2.45) is 0 Å². The third-order valence-corrected chi connectivity index (χ3v) is 3.82. The van der Waals surface area contributed by atoms with Crippen LogP contribution in [-0.2, 0) is 0 Å². The molecule has 2 aliphatic heterocycles. The predicted molar refractivity (Wildman–Crippen MR) is 79.2 cm³/mol. The van der Waals surface area contributed by atoms with Crippen LogP contribution >= 0.6 is 24.8 Å². The zero-order valence-corrected chi connectivity index (χ0v) is 12.3. The smallest absolute Gasteiger partial charge is 0.254 e. The van der Waals surface area contributed by atoms with E-state index in [0.29, 0.717) is 12.1 Å². The third-order valence-electron chi connectivity index (χ3n) is 3.82. The average Bonchev–Trinajstić information content (AvgIpc) is 2.63. The van der Waals surface area contributed by atoms with Gasteiger partial charge >= 0.3 is 0 Å². The quantitative estimate of drug-likeness (QED) is 0.862. The Bertz CT molecular complexity index is 402. The molecule has 106 valence electrons. The Kier molecular flexibility index (Phi) is 6.04. The molecule has 0 aliphatic carbocycles. The second-order valence-corrected chi connectivity index (χ2v) is 4.83. The molecular formula is C13H19Cl2N3O. The highest BCUT2D eigenvalue weighted by Gasteiger charge is 2.38. The second-order valence-electron chi connectivity index (χ2n) is 4.83. The normalized spacial score (nSPS) is 24.9. The van der Waals surface area contributed by atoms with E-state index in [4.69, 9.17) is 0 Å². The molecular weight excluding hydrogens is 285 g/mol. The first-order valence-electron chi connectivity index (χ1n) is 6.29. The zero-order chi connectivity index (χ0) is 11.7. The lowest BCUT2D eigenvalue weighted by Crippen LogP contribution is -2.42. The lowest BCUT2D eigenvalue weighted by molar-refractivity contribution is 0.0680. The average molecular weight is 304 g/mol. The Balaban J connectivity index is 0.000000902. The number of aromatic nitrogens is 1. The molecule has 1 aromatic heterocycles. The van der Waals surface area contributed by atoms with Crippen molar-refractivity contribution in [3.8, 4) is 0 Å². The Morgan fingerprint density at radius 3 is 2.58 bits per heavy atom. The highest BCUT2D eigenvalue weighted by molar-refractivity contribution is 5.94. The zero-order valence-electron chi connectivity index (χ0n) is 10.6. The van der Waals surface area contributed by atoms with Gasteiger partial charge in [-0.2, -0.15) is 0 Å². The molecule has 2 atom stereocenters. The van der Waals surface area contributed by atoms with Crippen LogP contribution in [0.2, 0.25) is 0 Å². The van der Waals surface area contributed by atoms with E-state index in [1.807, 2.05) is 0 Å². The maximum atomic E-state index is 12.5. The van der Waals surface area contributed by atoms with Gasteiger partial charge in [-0.15, -0.1) is 24.8 Å². The van der Waals surface area contributed by atoms with Crippen molar-refractivity contribution in [1.29, 1.82) is 0 Å². The van der Waals surface area contributed by atoms with Gasteiger partial charge in [-0.1, -0.05) is 0 Å². The Morgan fingerprint density at radius 2 is 1.84 bits per heavy atom. The summed E-state index contributed by atoms with van der Waals surface area (Å²) in [6.45, 7) is 1.97. The maximum absolute atomic E-state index is 12.5. The minimum atomic E-state index is 0. The molecule has 19 heavy (non-hydrogen) atoms. The van der Waals surface area contributed by atoms with Crippen molar-refractivity contribution in [3.63, 3.8) is 0 Å². The van der Waals surface area contributed by atoms with Crippen LogP contribution in [0.25, 0.3) is 0 Å². The van der Waals surface area contributed by atoms with E-state index in [1.54, 1.807) is 24.5 Å². The number of nitrogens with zero attached hydrogens (tertiary/aromatic N) is 2. The molecule has 2 aliphatic rings. The number of carbonyl (C=O) groups excluding carboxylic acids is 1. The van der Waals surface area contributed by atoms with E-state index in [-0.39, 0.29) is 30.7 Å². The van der Waals surface area contributed by atoms with Gasteiger partial charge in [0, 0.05) is 36.6 Å². The van der Waals surface area contributed by atoms with E-state index in [2.05, 4.69) is 15.2 Å². The van der Waals surface area contributed by atoms with Gasteiger partial charge in [0.2, 0.25) is 0 Å². The minimum Gasteiger partial charge on any atom is -0.331 e. The summed E-state index contributed by atoms with van der Waals surface area (Å²) >= 11 is 0. The molecule has 1 amide bonds. The van der Waals surface area contributed by atoms with Crippen LogP contribution in [0.5, 0.6) is 0 Å². The van der Waals surface area contributed by atoms with Gasteiger partial charge in [-0.3, -0.25) is 9.78 Å². The summed E-state index contributed by atoms with van der Waals surface area (Å²) < 4.78 is 0. The topological polar surface area (TPSA) is 45.2 Å². The van der Waals surface area contributed by atoms with Gasteiger partial charge in [0.15, 0.2) is 0 Å². The number of hydrogen-bond acceptors (Lipinski definition) is 3. The number of amides is 1. The van der Waals surface area contributed by atoms with Gasteiger partial charge in [0.05, 0.1) is 0 Å². The first-order chi connectivity index (χ1) is 8.36. The van der Waals surface area contributed by atoms with Gasteiger partial charge in [-0.25, -0.2) is 0 Å². The SMILES string of the molecule is Cl.Cl.O=C(c1ccncc1)N1C2CCNCC1CC2. The lowest BCUT2D eigenvalue weighted by Gasteiger charge is -2.27. The van der Waals surface area contributed by atoms with Crippen molar-refractivity contribution in [3.05, 3.63) is 30.1 Å². The van der Waals surface area contributed by atoms with Gasteiger partial charge in [-0.05, 0) is 37.9 Å². The largest absolute Gasteiger partial charge is 0.331 e. The van der Waals surface area contributed by atoms with Crippen LogP contribution in [0.3, 0.4) is 0 Å². The van der Waals surface area contributed by atoms with Gasteiger partial charge in [0.25, 0.3) is 5.91 Å². The van der Waals surface area contributed by atoms with Crippen molar-refractivity contribution >= 4 is 30.7 Å². The first kappa shape index (κ1) is 16.2. The molecule has 3 rings (SSSR count). The molecule has 2 saturated heterocycles. The predicted octanol–water partition coefficient (Wildman–Crippen LogP) is 1.89. The number of rotatable bonds is 1. The number of halogens is 2. The van der Waals surface area contributed by atoms with Crippen molar-refractivity contribution < 1.29 is 4.79 Å². The monoisotopic (exact) mass is 303 g/mol. The number of nitrogens with one attached hydrogen (secondary N) is 1. The van der Waals surface area contributed by atoms with Crippen molar-refractivity contribution in [2.45, 2.75) is 31.3 Å². The molecule has 2 fully saturated rings. The second kappa shape index (κ2) is 7.08. The molecule has 2 unspecified atom stereocenters. The molecule has 6 heteroatoms. The molecule has 3 heterocycles. The minimum absolute atomic E-state index is 0. The van der Waals surface area contributed by atoms with E-state index >= 15 is 0 Å². The van der Waals surface area contributed by atoms with E-state index in [0.717, 1.165) is 37.9 Å². The van der Waals surface area contributed by atoms with Crippen molar-refractivity contribution in [1.82, 2.24) is 15.2 Å². The van der Waals surface area contributed by atoms with Crippen LogP contribution in [0.4, 0.5) is 0 Å². The molecule has 0 saturated carbocycles. The van der Waals surface area contributed by atoms with Gasteiger partial charge < -0.3 is 10.2 Å². The molecule has 0 aromatic carbocycles. The van der Waals surface area contributed by atoms with Crippen molar-refractivity contribution in [2.75, 3.05) is 13.1 Å². The maximum Gasteiger partial charge on any atom is 0.254 e. The lowest BCUT2D eigenvalue weighted by atomic mass is 10.1. The standard InChI is InChI=1S/C13H17N3O.2ClH/c17-13(10-3-6-14-7-4-10)16-11-1-2-12(16)9-15-8-5-11;;/h3-4,6-7,11-12,15H,1-2,5,8-9H2;2*1H. The summed E-state index contributed by atoms with van der Waals surface area (Å²) in [6, 6.07) is 4.42. The van der Waals surface area contributed by atoms with Crippen LogP contribution in [0.1, 0.15) is 29.6 Å². The molecule has 0 radical (unpaired) electrons. The van der Waals surface area contributed by atoms with E-state index in [1.165, 1.54) is 0 Å². The molecule has 1 N–H and O–H groups in total. The summed E-state index contributed by atoms with van der Waals surface area (Å²) in [7, 11) is 0. The first-order valence-corrected chi connectivity index (χ1v) is 6.29. The summed E-state index contributed by atoms with van der Waals surface area (Å²) in [5.74, 6) is 0.170. The summed E-state index contributed by atoms with van der Waals surface area (Å²) in [5.41, 5.74) is 0.763. The summed E-state index contributed by atoms with van der Waals surface area (Å²) in [5, 5.41) is 3.41. The molecule has 4 nitrogen and oxygen atoms in total. The number of pyridine rings is 1. The fourth-order valence-corrected chi connectivity index (χ4v) is 2.96. The summed E-state index contributed by atoms with van der Waals surface area (Å²) in [4.78, 5) is 18.5. The highest BCUT2D eigenvalue weighted by Crippen LogP contribution is 2.29. The van der Waals surface area contributed by atoms with E-state index in [9.17, 15) is 4.79 Å². The molecule has 0 spiro atoms. The fraction of sp³-hybridized carbons (Fsp3) is 0.538. The molecule has 2 bridgehead atoms. The fourth-order valence-electron chi connectivity index (χ4n) is 2.96. The van der Waals surface area contributed by atoms with Crippen LogP contribution in [0.15, 0.2) is 24.5 Å². The Morgan fingerprint density at radius 1 is 1.16 bits per heavy atom. The molecule has 1 aromatic rings. The number of hydrogen-bond donors (Lipinski definition) is 1. The number of fused-ring (bicyclic) bond motifs is 2. The van der Waals surface area contributed by atoms with Gasteiger partial charge in [0.1, 0.15) is 0 Å². The van der Waals surface area contributed by atoms with Crippen LogP contribution < -0.4 is 5.32 Å². The van der Waals surface area contributed by atoms with E-state index < -0.39 is 0 Å². The Hall–Kier alpha value is -0.840. The van der Waals surface area contributed by atoms with Crippen LogP contribution in [0, 0.1) is 0 Å². The third kappa shape index (κ3) is 3.19. The highest BCUT2D eigenvalue weighted by atomic mass is 35.5. The summed E-state index contributed by atoms with van der Waals surface area (Å²) in [6.07, 6.45) is 6.74. The van der Waals surface area contributed by atoms with Crippen LogP contribution in [-0.4, -0.2) is 41.0 Å².